The average Bonchev–Trinajstić information content (AvgIpc) is 4.40. The Balaban J connectivity index is 0.958. The molecule has 14 aromatic rings. The maximum atomic E-state index is 9.84. The van der Waals surface area contributed by atoms with Crippen LogP contribution in [0.2, 0.25) is 0 Å². The van der Waals surface area contributed by atoms with E-state index >= 15 is 0 Å². The molecule has 358 valence electrons. The van der Waals surface area contributed by atoms with Crippen molar-refractivity contribution in [2.24, 2.45) is 0 Å². The second-order valence-corrected chi connectivity index (χ2v) is 19.8. The van der Waals surface area contributed by atoms with Crippen LogP contribution < -0.4 is 9.80 Å². The van der Waals surface area contributed by atoms with Crippen molar-refractivity contribution < 1.29 is 8.83 Å². The fourth-order valence-corrected chi connectivity index (χ4v) is 12.5. The number of hydrogen-bond donors (Lipinski definition) is 0. The molecule has 1 aliphatic carbocycles. The Morgan fingerprint density at radius 1 is 0.325 bits per heavy atom. The van der Waals surface area contributed by atoms with Crippen molar-refractivity contribution in [3.05, 3.63) is 288 Å². The summed E-state index contributed by atoms with van der Waals surface area (Å²) in [5, 5.41) is 28.3. The molecule has 6 nitrogen and oxygen atoms in total. The summed E-state index contributed by atoms with van der Waals surface area (Å²) < 4.78 is 13.4. The molecule has 2 heterocycles. The summed E-state index contributed by atoms with van der Waals surface area (Å²) in [5.41, 5.74) is 16.4. The van der Waals surface area contributed by atoms with Crippen molar-refractivity contribution in [2.75, 3.05) is 9.80 Å². The van der Waals surface area contributed by atoms with E-state index in [1.807, 2.05) is 84.9 Å². The van der Waals surface area contributed by atoms with E-state index < -0.39 is 5.41 Å². The first-order chi connectivity index (χ1) is 38.1. The van der Waals surface area contributed by atoms with Gasteiger partial charge in [0, 0.05) is 44.3 Å². The zero-order chi connectivity index (χ0) is 51.2. The second-order valence-electron chi connectivity index (χ2n) is 19.8. The van der Waals surface area contributed by atoms with Crippen molar-refractivity contribution in [3.63, 3.8) is 0 Å². The Morgan fingerprint density at radius 2 is 0.714 bits per heavy atom. The van der Waals surface area contributed by atoms with Crippen molar-refractivity contribution in [1.29, 1.82) is 10.5 Å². The number of para-hydroxylation sites is 4. The fourth-order valence-electron chi connectivity index (χ4n) is 12.5. The summed E-state index contributed by atoms with van der Waals surface area (Å²) in [7, 11) is 0. The summed E-state index contributed by atoms with van der Waals surface area (Å²) in [5.74, 6) is 0. The average molecular weight is 983 g/mol. The molecule has 77 heavy (non-hydrogen) atoms. The van der Waals surface area contributed by atoms with Crippen LogP contribution in [-0.4, -0.2) is 0 Å². The van der Waals surface area contributed by atoms with Gasteiger partial charge in [0.05, 0.1) is 40.1 Å². The van der Waals surface area contributed by atoms with Crippen LogP contribution in [0.15, 0.2) is 264 Å². The summed E-state index contributed by atoms with van der Waals surface area (Å²) in [6.07, 6.45) is 0. The lowest BCUT2D eigenvalue weighted by atomic mass is 9.66. The first kappa shape index (κ1) is 43.9. The number of fused-ring (bicyclic) bond motifs is 13. The van der Waals surface area contributed by atoms with Crippen LogP contribution in [0.1, 0.15) is 33.4 Å². The highest BCUT2D eigenvalue weighted by atomic mass is 16.3. The number of furan rings is 2. The molecule has 0 N–H and O–H groups in total. The van der Waals surface area contributed by atoms with Crippen LogP contribution in [0, 0.1) is 22.7 Å². The molecule has 1 aliphatic rings. The predicted octanol–water partition coefficient (Wildman–Crippen LogP) is 18.8. The van der Waals surface area contributed by atoms with E-state index in [9.17, 15) is 10.5 Å². The zero-order valence-corrected chi connectivity index (χ0v) is 41.4. The third kappa shape index (κ3) is 6.60. The summed E-state index contributed by atoms with van der Waals surface area (Å²) in [4.78, 5) is 4.49. The van der Waals surface area contributed by atoms with Gasteiger partial charge in [-0.05, 0) is 152 Å². The van der Waals surface area contributed by atoms with E-state index in [1.165, 1.54) is 33.4 Å². The highest BCUT2D eigenvalue weighted by Crippen LogP contribution is 2.60. The van der Waals surface area contributed by atoms with Crippen LogP contribution >= 0.6 is 0 Å². The minimum absolute atomic E-state index is 0.593. The Labute approximate surface area is 443 Å². The van der Waals surface area contributed by atoms with E-state index in [0.29, 0.717) is 11.1 Å². The molecule has 6 heteroatoms. The number of nitrogens with zero attached hydrogens (tertiary/aromatic N) is 4. The first-order valence-corrected chi connectivity index (χ1v) is 25.8. The van der Waals surface area contributed by atoms with Gasteiger partial charge in [-0.2, -0.15) is 10.5 Å². The summed E-state index contributed by atoms with van der Waals surface area (Å²) in [6, 6.07) is 94.0. The highest BCUT2D eigenvalue weighted by molar-refractivity contribution is 6.13. The maximum Gasteiger partial charge on any atom is 0.159 e. The Bertz CT molecular complexity index is 4470. The van der Waals surface area contributed by atoms with Gasteiger partial charge in [-0.3, -0.25) is 0 Å². The molecular weight excluding hydrogens is 941 g/mol. The highest BCUT2D eigenvalue weighted by Gasteiger charge is 2.48. The maximum absolute atomic E-state index is 9.84. The van der Waals surface area contributed by atoms with E-state index in [4.69, 9.17) is 8.83 Å². The van der Waals surface area contributed by atoms with Gasteiger partial charge in [0.1, 0.15) is 11.2 Å². The number of hydrogen-bond acceptors (Lipinski definition) is 6. The van der Waals surface area contributed by atoms with Crippen LogP contribution in [0.4, 0.5) is 34.1 Å². The predicted molar refractivity (Wildman–Crippen MR) is 312 cm³/mol. The molecule has 0 spiro atoms. The van der Waals surface area contributed by atoms with Gasteiger partial charge in [0.15, 0.2) is 11.2 Å². The monoisotopic (exact) mass is 982 g/mol. The lowest BCUT2D eigenvalue weighted by Crippen LogP contribution is -2.29. The molecule has 2 aromatic heterocycles. The SMILES string of the molecule is N#Cc1ccc(N(c2ccc3c4c(ccc3c2)-c2ccc3cc(N(c5ccc(C#N)cc5)c5cccc6c5oc5ccccc56)ccc3c2C4(c2ccccc2)c2ccccc2)c2cccc3c2oc2ccccc23)cc1. The number of anilines is 6. The van der Waals surface area contributed by atoms with Crippen molar-refractivity contribution in [2.45, 2.75) is 5.41 Å². The van der Waals surface area contributed by atoms with E-state index in [2.05, 4.69) is 192 Å². The molecule has 0 saturated carbocycles. The molecule has 0 atom stereocenters. The molecule has 12 aromatic carbocycles. The number of nitriles is 2. The third-order valence-corrected chi connectivity index (χ3v) is 15.7. The molecule has 0 radical (unpaired) electrons. The van der Waals surface area contributed by atoms with Crippen molar-refractivity contribution in [1.82, 2.24) is 0 Å². The van der Waals surface area contributed by atoms with Gasteiger partial charge in [-0.25, -0.2) is 0 Å². The minimum Gasteiger partial charge on any atom is -0.454 e. The Kier molecular flexibility index (Phi) is 9.81. The topological polar surface area (TPSA) is 80.3 Å². The van der Waals surface area contributed by atoms with Crippen molar-refractivity contribution in [3.8, 4) is 23.3 Å². The van der Waals surface area contributed by atoms with E-state index in [0.717, 1.165) is 99.5 Å². The van der Waals surface area contributed by atoms with Crippen LogP contribution in [0.25, 0.3) is 76.5 Å². The van der Waals surface area contributed by atoms with Gasteiger partial charge in [-0.15, -0.1) is 0 Å². The smallest absolute Gasteiger partial charge is 0.159 e. The molecule has 0 amide bonds. The molecule has 15 rings (SSSR count). The van der Waals surface area contributed by atoms with E-state index in [1.54, 1.807) is 0 Å². The van der Waals surface area contributed by atoms with Gasteiger partial charge in [0.25, 0.3) is 0 Å². The number of benzene rings is 12. The fraction of sp³-hybridized carbons (Fsp3) is 0.0141. The minimum atomic E-state index is -0.741. The Hall–Kier alpha value is -10.7. The lowest BCUT2D eigenvalue weighted by molar-refractivity contribution is 0.668. The lowest BCUT2D eigenvalue weighted by Gasteiger charge is -2.35. The molecule has 0 saturated heterocycles. The standard InChI is InChI=1S/C71H42N4O2/c72-43-45-25-31-51(32-26-45)74(63-21-11-19-61-57-17-7-9-23-65(57)76-69(61)63)53-35-39-55-47(41-53)29-37-59-60-38-30-48-42-54(36-40-56(48)68(60)71(67(55)59,49-13-3-1-4-14-49)50-15-5-2-6-16-50)75(52-33-27-46(44-73)28-34-52)64-22-12-20-62-58-18-8-10-24-66(58)77-70(62)64/h1-42H. The van der Waals surface area contributed by atoms with Crippen LogP contribution in [-0.2, 0) is 5.41 Å². The van der Waals surface area contributed by atoms with E-state index in [-0.39, 0.29) is 0 Å². The van der Waals surface area contributed by atoms with Crippen molar-refractivity contribution >= 4 is 99.5 Å². The largest absolute Gasteiger partial charge is 0.454 e. The Morgan fingerprint density at radius 3 is 1.14 bits per heavy atom. The van der Waals surface area contributed by atoms with Crippen LogP contribution in [0.5, 0.6) is 0 Å². The number of rotatable bonds is 8. The van der Waals surface area contributed by atoms with Gasteiger partial charge in [0.2, 0.25) is 0 Å². The molecule has 0 fully saturated rings. The van der Waals surface area contributed by atoms with Gasteiger partial charge in [-0.1, -0.05) is 158 Å². The summed E-state index contributed by atoms with van der Waals surface area (Å²) in [6.45, 7) is 0. The first-order valence-electron chi connectivity index (χ1n) is 25.8. The van der Waals surface area contributed by atoms with Gasteiger partial charge >= 0.3 is 0 Å². The molecule has 0 aliphatic heterocycles. The summed E-state index contributed by atoms with van der Waals surface area (Å²) >= 11 is 0. The zero-order valence-electron chi connectivity index (χ0n) is 41.4. The molecule has 0 unspecified atom stereocenters. The second kappa shape index (κ2) is 17.2. The normalized spacial score (nSPS) is 12.5. The molecular formula is C71H42N4O2. The molecule has 0 bridgehead atoms. The van der Waals surface area contributed by atoms with Gasteiger partial charge < -0.3 is 18.6 Å². The quantitative estimate of drug-likeness (QED) is 0.151. The third-order valence-electron chi connectivity index (χ3n) is 15.7. The van der Waals surface area contributed by atoms with Crippen LogP contribution in [0.3, 0.4) is 0 Å².